The first-order chi connectivity index (χ1) is 9.69. The molecule has 1 atom stereocenters. The molecule has 0 N–H and O–H groups in total. The van der Waals surface area contributed by atoms with Crippen LogP contribution >= 0.6 is 0 Å². The van der Waals surface area contributed by atoms with Gasteiger partial charge >= 0.3 is 0 Å². The number of hydrogen-bond donors (Lipinski definition) is 0. The number of aromatic nitrogens is 2. The van der Waals surface area contributed by atoms with E-state index in [0.29, 0.717) is 0 Å². The second-order valence-electron chi connectivity index (χ2n) is 5.94. The molecule has 2 rings (SSSR count). The summed E-state index contributed by atoms with van der Waals surface area (Å²) in [6.45, 7) is 6.49. The average Bonchev–Trinajstić information content (AvgIpc) is 2.82. The maximum absolute atomic E-state index is 5.18. The van der Waals surface area contributed by atoms with Crippen LogP contribution in [-0.4, -0.2) is 66.5 Å². The Balaban J connectivity index is 1.76. The fourth-order valence-electron chi connectivity index (χ4n) is 3.06. The van der Waals surface area contributed by atoms with Gasteiger partial charge in [-0.3, -0.25) is 4.68 Å². The molecule has 20 heavy (non-hydrogen) atoms. The zero-order chi connectivity index (χ0) is 14.4. The molecule has 5 heteroatoms. The lowest BCUT2D eigenvalue weighted by Crippen LogP contribution is -2.41. The third-order valence-corrected chi connectivity index (χ3v) is 4.14. The second-order valence-corrected chi connectivity index (χ2v) is 5.94. The van der Waals surface area contributed by atoms with Gasteiger partial charge in [-0.25, -0.2) is 0 Å². The molecule has 0 amide bonds. The summed E-state index contributed by atoms with van der Waals surface area (Å²) in [4.78, 5) is 4.96. The first kappa shape index (κ1) is 15.5. The zero-order valence-corrected chi connectivity index (χ0v) is 13.1. The Morgan fingerprint density at radius 3 is 3.05 bits per heavy atom. The fraction of sp³-hybridized carbons (Fsp3) is 0.800. The minimum Gasteiger partial charge on any atom is -0.383 e. The van der Waals surface area contributed by atoms with E-state index in [1.165, 1.54) is 31.6 Å². The molecule has 0 spiro atoms. The summed E-state index contributed by atoms with van der Waals surface area (Å²) in [6, 6.07) is 2.10. The molecule has 1 aliphatic heterocycles. The minimum atomic E-state index is 0.777. The van der Waals surface area contributed by atoms with Crippen LogP contribution in [0.25, 0.3) is 0 Å². The van der Waals surface area contributed by atoms with Gasteiger partial charge in [-0.2, -0.15) is 5.10 Å². The highest BCUT2D eigenvalue weighted by Crippen LogP contribution is 2.17. The number of rotatable bonds is 7. The van der Waals surface area contributed by atoms with Crippen molar-refractivity contribution in [1.82, 2.24) is 19.6 Å². The summed E-state index contributed by atoms with van der Waals surface area (Å²) in [5.74, 6) is 0.777. The van der Waals surface area contributed by atoms with Crippen molar-refractivity contribution in [1.29, 1.82) is 0 Å². The van der Waals surface area contributed by atoms with Crippen molar-refractivity contribution in [3.05, 3.63) is 18.0 Å². The molecule has 1 aliphatic rings. The largest absolute Gasteiger partial charge is 0.383 e. The van der Waals surface area contributed by atoms with E-state index < -0.39 is 0 Å². The van der Waals surface area contributed by atoms with E-state index in [0.717, 1.165) is 32.2 Å². The first-order valence-corrected chi connectivity index (χ1v) is 7.55. The third-order valence-electron chi connectivity index (χ3n) is 4.14. The number of hydrogen-bond acceptors (Lipinski definition) is 4. The maximum atomic E-state index is 5.18. The van der Waals surface area contributed by atoms with Crippen molar-refractivity contribution in [2.75, 3.05) is 46.9 Å². The lowest BCUT2D eigenvalue weighted by atomic mass is 9.97. The van der Waals surface area contributed by atoms with Gasteiger partial charge in [0.2, 0.25) is 0 Å². The molecular weight excluding hydrogens is 252 g/mol. The van der Waals surface area contributed by atoms with Crippen LogP contribution in [0.2, 0.25) is 0 Å². The van der Waals surface area contributed by atoms with Crippen LogP contribution in [-0.2, 0) is 18.3 Å². The Morgan fingerprint density at radius 1 is 1.50 bits per heavy atom. The minimum absolute atomic E-state index is 0.777. The van der Waals surface area contributed by atoms with Gasteiger partial charge in [-0.1, -0.05) is 0 Å². The van der Waals surface area contributed by atoms with Crippen molar-refractivity contribution in [3.63, 3.8) is 0 Å². The van der Waals surface area contributed by atoms with Gasteiger partial charge in [-0.05, 0) is 38.4 Å². The Kier molecular flexibility index (Phi) is 6.01. The summed E-state index contributed by atoms with van der Waals surface area (Å²) >= 11 is 0. The summed E-state index contributed by atoms with van der Waals surface area (Å²) in [5, 5.41) is 4.23. The number of piperidine rings is 1. The van der Waals surface area contributed by atoms with Crippen molar-refractivity contribution in [2.24, 2.45) is 13.0 Å². The number of likely N-dealkylation sites (tertiary alicyclic amines) is 1. The SMILES string of the molecule is COCCN1CCCC(CN(C)Cc2ccnn2C)C1. The molecule has 2 heterocycles. The van der Waals surface area contributed by atoms with Crippen LogP contribution in [0.5, 0.6) is 0 Å². The molecule has 1 aromatic heterocycles. The van der Waals surface area contributed by atoms with E-state index in [1.807, 2.05) is 17.9 Å². The molecule has 5 nitrogen and oxygen atoms in total. The topological polar surface area (TPSA) is 33.5 Å². The highest BCUT2D eigenvalue weighted by atomic mass is 16.5. The number of ether oxygens (including phenoxy) is 1. The fourth-order valence-corrected chi connectivity index (χ4v) is 3.06. The lowest BCUT2D eigenvalue weighted by molar-refractivity contribution is 0.101. The molecule has 0 aliphatic carbocycles. The molecule has 0 radical (unpaired) electrons. The number of methoxy groups -OCH3 is 1. The van der Waals surface area contributed by atoms with E-state index in [4.69, 9.17) is 4.74 Å². The molecule has 0 saturated carbocycles. The van der Waals surface area contributed by atoms with E-state index in [2.05, 4.69) is 28.0 Å². The molecule has 0 bridgehead atoms. The Bertz CT molecular complexity index is 393. The molecule has 1 fully saturated rings. The average molecular weight is 280 g/mol. The van der Waals surface area contributed by atoms with E-state index >= 15 is 0 Å². The molecular formula is C15H28N4O. The molecule has 0 aromatic carbocycles. The molecule has 1 saturated heterocycles. The predicted octanol–water partition coefficient (Wildman–Crippen LogP) is 1.21. The Morgan fingerprint density at radius 2 is 2.35 bits per heavy atom. The quantitative estimate of drug-likeness (QED) is 0.752. The van der Waals surface area contributed by atoms with Gasteiger partial charge in [0.1, 0.15) is 0 Å². The van der Waals surface area contributed by atoms with E-state index in [1.54, 1.807) is 7.11 Å². The second kappa shape index (κ2) is 7.76. The normalized spacial score (nSPS) is 20.7. The van der Waals surface area contributed by atoms with Gasteiger partial charge in [0.25, 0.3) is 0 Å². The highest BCUT2D eigenvalue weighted by molar-refractivity contribution is 4.99. The van der Waals surface area contributed by atoms with Gasteiger partial charge in [0.05, 0.1) is 12.3 Å². The standard InChI is InChI=1S/C15H28N4O/c1-17(13-15-6-7-16-18(15)2)11-14-5-4-8-19(12-14)9-10-20-3/h6-7,14H,4-5,8-13H2,1-3H3. The third kappa shape index (κ3) is 4.58. The smallest absolute Gasteiger partial charge is 0.0589 e. The summed E-state index contributed by atoms with van der Waals surface area (Å²) < 4.78 is 7.14. The first-order valence-electron chi connectivity index (χ1n) is 7.55. The van der Waals surface area contributed by atoms with Crippen LogP contribution < -0.4 is 0 Å². The van der Waals surface area contributed by atoms with Crippen molar-refractivity contribution >= 4 is 0 Å². The monoisotopic (exact) mass is 280 g/mol. The van der Waals surface area contributed by atoms with Crippen molar-refractivity contribution in [2.45, 2.75) is 19.4 Å². The van der Waals surface area contributed by atoms with Crippen LogP contribution in [0, 0.1) is 5.92 Å². The zero-order valence-electron chi connectivity index (χ0n) is 13.1. The number of nitrogens with zero attached hydrogens (tertiary/aromatic N) is 4. The van der Waals surface area contributed by atoms with Crippen LogP contribution in [0.4, 0.5) is 0 Å². The van der Waals surface area contributed by atoms with Gasteiger partial charge in [0.15, 0.2) is 0 Å². The van der Waals surface area contributed by atoms with Crippen LogP contribution in [0.1, 0.15) is 18.5 Å². The molecule has 114 valence electrons. The van der Waals surface area contributed by atoms with Gasteiger partial charge in [0, 0.05) is 46.5 Å². The van der Waals surface area contributed by atoms with Gasteiger partial charge < -0.3 is 14.5 Å². The Hall–Kier alpha value is -0.910. The van der Waals surface area contributed by atoms with E-state index in [-0.39, 0.29) is 0 Å². The molecule has 1 aromatic rings. The Labute approximate surface area is 122 Å². The van der Waals surface area contributed by atoms with Gasteiger partial charge in [-0.15, -0.1) is 0 Å². The summed E-state index contributed by atoms with van der Waals surface area (Å²) in [7, 11) is 6.00. The predicted molar refractivity (Wildman–Crippen MR) is 80.6 cm³/mol. The van der Waals surface area contributed by atoms with E-state index in [9.17, 15) is 0 Å². The van der Waals surface area contributed by atoms with Crippen molar-refractivity contribution in [3.8, 4) is 0 Å². The van der Waals surface area contributed by atoms with Crippen molar-refractivity contribution < 1.29 is 4.74 Å². The highest BCUT2D eigenvalue weighted by Gasteiger charge is 2.21. The van der Waals surface area contributed by atoms with Crippen LogP contribution in [0.15, 0.2) is 12.3 Å². The lowest BCUT2D eigenvalue weighted by Gasteiger charge is -2.34. The molecule has 1 unspecified atom stereocenters. The number of aryl methyl sites for hydroxylation is 1. The summed E-state index contributed by atoms with van der Waals surface area (Å²) in [5.41, 5.74) is 1.28. The summed E-state index contributed by atoms with van der Waals surface area (Å²) in [6.07, 6.45) is 4.53. The maximum Gasteiger partial charge on any atom is 0.0589 e. The van der Waals surface area contributed by atoms with Crippen LogP contribution in [0.3, 0.4) is 0 Å².